The molecule has 0 unspecified atom stereocenters. The van der Waals surface area contributed by atoms with Crippen molar-refractivity contribution in [1.29, 1.82) is 0 Å². The molecule has 1 aromatic heterocycles. The molecule has 7 nitrogen and oxygen atoms in total. The monoisotopic (exact) mass is 514 g/mol. The van der Waals surface area contributed by atoms with Crippen LogP contribution in [0.3, 0.4) is 0 Å². The average molecular weight is 514 g/mol. The fourth-order valence-electron chi connectivity index (χ4n) is 3.18. The largest absolute Gasteiger partial charge is 0.388 e. The molecule has 29 heavy (non-hydrogen) atoms. The lowest BCUT2D eigenvalue weighted by atomic mass is 9.93. The molecule has 0 saturated heterocycles. The Kier molecular flexibility index (Phi) is 11.2. The van der Waals surface area contributed by atoms with Crippen molar-refractivity contribution in [2.45, 2.75) is 65.1 Å². The number of aryl methyl sites for hydroxylation is 1. The predicted octanol–water partition coefficient (Wildman–Crippen LogP) is 3.31. The van der Waals surface area contributed by atoms with Crippen LogP contribution in [0.25, 0.3) is 0 Å². The van der Waals surface area contributed by atoms with E-state index in [2.05, 4.69) is 46.8 Å². The van der Waals surface area contributed by atoms with Crippen molar-refractivity contribution >= 4 is 29.9 Å². The Morgan fingerprint density at radius 3 is 2.31 bits per heavy atom. The molecule has 8 heteroatoms. The molecule has 162 valence electrons. The fourth-order valence-corrected chi connectivity index (χ4v) is 3.18. The van der Waals surface area contributed by atoms with Crippen molar-refractivity contribution in [2.75, 3.05) is 6.54 Å². The number of benzene rings is 1. The van der Waals surface area contributed by atoms with Crippen molar-refractivity contribution < 1.29 is 5.11 Å². The maximum atomic E-state index is 10.9. The van der Waals surface area contributed by atoms with Crippen LogP contribution >= 0.6 is 24.0 Å². The molecule has 0 aliphatic heterocycles. The van der Waals surface area contributed by atoms with E-state index in [9.17, 15) is 5.11 Å². The summed E-state index contributed by atoms with van der Waals surface area (Å²) in [5, 5.41) is 25.8. The Balaban J connectivity index is 0.00000420. The molecular weight excluding hydrogens is 479 g/mol. The molecule has 0 saturated carbocycles. The van der Waals surface area contributed by atoms with E-state index in [-0.39, 0.29) is 24.0 Å². The van der Waals surface area contributed by atoms with Gasteiger partial charge in [0, 0.05) is 13.6 Å². The predicted molar refractivity (Wildman–Crippen MR) is 128 cm³/mol. The fraction of sp³-hybridized carbons (Fsp3) is 0.571. The van der Waals surface area contributed by atoms with Gasteiger partial charge in [-0.2, -0.15) is 0 Å². The summed E-state index contributed by atoms with van der Waals surface area (Å²) in [4.78, 5) is 4.69. The number of halogens is 1. The van der Waals surface area contributed by atoms with Crippen molar-refractivity contribution in [1.82, 2.24) is 25.4 Å². The van der Waals surface area contributed by atoms with Gasteiger partial charge in [0.25, 0.3) is 0 Å². The second-order valence-electron chi connectivity index (χ2n) is 7.30. The van der Waals surface area contributed by atoms with Crippen molar-refractivity contribution in [3.63, 3.8) is 0 Å². The van der Waals surface area contributed by atoms with E-state index >= 15 is 0 Å². The van der Waals surface area contributed by atoms with Gasteiger partial charge in [0.2, 0.25) is 0 Å². The van der Waals surface area contributed by atoms with Crippen LogP contribution in [0.15, 0.2) is 35.3 Å². The Hall–Kier alpha value is -1.68. The first-order valence-electron chi connectivity index (χ1n) is 10.1. The summed E-state index contributed by atoms with van der Waals surface area (Å²) >= 11 is 0. The van der Waals surface area contributed by atoms with Crippen LogP contribution in [-0.4, -0.2) is 38.0 Å². The summed E-state index contributed by atoms with van der Waals surface area (Å²) in [6.45, 7) is 7.66. The molecule has 0 bridgehead atoms. The minimum absolute atomic E-state index is 0. The van der Waals surface area contributed by atoms with E-state index in [1.807, 2.05) is 36.7 Å². The van der Waals surface area contributed by atoms with Crippen molar-refractivity contribution in [2.24, 2.45) is 12.0 Å². The molecule has 0 atom stereocenters. The number of aliphatic hydroxyl groups is 1. The molecule has 0 spiro atoms. The van der Waals surface area contributed by atoms with E-state index in [0.717, 1.165) is 42.9 Å². The van der Waals surface area contributed by atoms with Gasteiger partial charge in [-0.25, -0.2) is 4.99 Å². The van der Waals surface area contributed by atoms with Crippen LogP contribution in [0, 0.1) is 6.92 Å². The lowest BCUT2D eigenvalue weighted by Gasteiger charge is -2.28. The van der Waals surface area contributed by atoms with Crippen LogP contribution < -0.4 is 10.6 Å². The van der Waals surface area contributed by atoms with Gasteiger partial charge in [0.15, 0.2) is 11.8 Å². The average Bonchev–Trinajstić information content (AvgIpc) is 3.00. The Morgan fingerprint density at radius 1 is 1.10 bits per heavy atom. The quantitative estimate of drug-likeness (QED) is 0.257. The number of nitrogens with zero attached hydrogens (tertiary/aromatic N) is 4. The minimum atomic E-state index is -0.722. The highest BCUT2D eigenvalue weighted by Gasteiger charge is 2.25. The summed E-state index contributed by atoms with van der Waals surface area (Å²) in [6, 6.07) is 10.1. The van der Waals surface area contributed by atoms with Gasteiger partial charge in [-0.3, -0.25) is 0 Å². The Labute approximate surface area is 191 Å². The molecule has 0 amide bonds. The SMILES string of the molecule is CCCC(O)(CCC)CNC(=NCc1ccccc1)NCc1nnc(C)n1C.I. The summed E-state index contributed by atoms with van der Waals surface area (Å²) in [5.41, 5.74) is 0.413. The number of hydrogen-bond acceptors (Lipinski definition) is 4. The van der Waals surface area contributed by atoms with E-state index < -0.39 is 5.60 Å². The first kappa shape index (κ1) is 25.4. The zero-order chi connectivity index (χ0) is 20.4. The Morgan fingerprint density at radius 2 is 1.76 bits per heavy atom. The third-order valence-electron chi connectivity index (χ3n) is 4.87. The second-order valence-corrected chi connectivity index (χ2v) is 7.30. The second kappa shape index (κ2) is 12.8. The summed E-state index contributed by atoms with van der Waals surface area (Å²) in [6.07, 6.45) is 3.42. The number of aromatic nitrogens is 3. The summed E-state index contributed by atoms with van der Waals surface area (Å²) in [7, 11) is 1.95. The van der Waals surface area contributed by atoms with Gasteiger partial charge in [-0.15, -0.1) is 34.2 Å². The van der Waals surface area contributed by atoms with Crippen molar-refractivity contribution in [3.05, 3.63) is 47.5 Å². The number of rotatable bonds is 10. The number of hydrogen-bond donors (Lipinski definition) is 3. The van der Waals surface area contributed by atoms with Crippen LogP contribution in [-0.2, 0) is 20.1 Å². The zero-order valence-corrected chi connectivity index (χ0v) is 20.3. The smallest absolute Gasteiger partial charge is 0.192 e. The normalized spacial score (nSPS) is 11.8. The molecule has 1 heterocycles. The molecule has 2 aromatic rings. The van der Waals surface area contributed by atoms with E-state index in [1.165, 1.54) is 0 Å². The Bertz CT molecular complexity index is 741. The van der Waals surface area contributed by atoms with Gasteiger partial charge in [0.1, 0.15) is 5.82 Å². The van der Waals surface area contributed by atoms with Crippen LogP contribution in [0.4, 0.5) is 0 Å². The van der Waals surface area contributed by atoms with Gasteiger partial charge in [-0.1, -0.05) is 57.0 Å². The molecule has 3 N–H and O–H groups in total. The lowest BCUT2D eigenvalue weighted by molar-refractivity contribution is 0.0257. The molecule has 2 rings (SSSR count). The van der Waals surface area contributed by atoms with Crippen LogP contribution in [0.1, 0.15) is 56.7 Å². The number of guanidine groups is 1. The molecule has 1 aromatic carbocycles. The first-order chi connectivity index (χ1) is 13.5. The van der Waals surface area contributed by atoms with Gasteiger partial charge >= 0.3 is 0 Å². The van der Waals surface area contributed by atoms with Gasteiger partial charge in [0.05, 0.1) is 18.7 Å². The maximum Gasteiger partial charge on any atom is 0.192 e. The van der Waals surface area contributed by atoms with Crippen LogP contribution in [0.5, 0.6) is 0 Å². The van der Waals surface area contributed by atoms with Gasteiger partial charge in [-0.05, 0) is 25.3 Å². The van der Waals surface area contributed by atoms with Crippen molar-refractivity contribution in [3.8, 4) is 0 Å². The van der Waals surface area contributed by atoms with E-state index in [0.29, 0.717) is 25.6 Å². The topological polar surface area (TPSA) is 87.4 Å². The maximum absolute atomic E-state index is 10.9. The molecular formula is C21H35IN6O. The summed E-state index contributed by atoms with van der Waals surface area (Å²) < 4.78 is 1.95. The highest BCUT2D eigenvalue weighted by Crippen LogP contribution is 2.18. The zero-order valence-electron chi connectivity index (χ0n) is 18.0. The van der Waals surface area contributed by atoms with E-state index in [4.69, 9.17) is 4.99 Å². The minimum Gasteiger partial charge on any atom is -0.388 e. The third-order valence-corrected chi connectivity index (χ3v) is 4.87. The molecule has 0 fully saturated rings. The summed E-state index contributed by atoms with van der Waals surface area (Å²) in [5.74, 6) is 2.37. The van der Waals surface area contributed by atoms with E-state index in [1.54, 1.807) is 0 Å². The highest BCUT2D eigenvalue weighted by molar-refractivity contribution is 14.0. The molecule has 0 aliphatic carbocycles. The number of aliphatic imine (C=N–C) groups is 1. The standard InChI is InChI=1S/C21H34N6O.HI/c1-5-12-21(28,13-6-2)16-24-20(22-14-18-10-8-7-9-11-18)23-15-19-26-25-17(3)27(19)4;/h7-11,28H,5-6,12-16H2,1-4H3,(H2,22,23,24);1H. The first-order valence-corrected chi connectivity index (χ1v) is 10.1. The van der Waals surface area contributed by atoms with Gasteiger partial charge < -0.3 is 20.3 Å². The number of nitrogens with one attached hydrogen (secondary N) is 2. The highest BCUT2D eigenvalue weighted by atomic mass is 127. The molecule has 0 aliphatic rings. The lowest BCUT2D eigenvalue weighted by Crippen LogP contribution is -2.47. The molecule has 0 radical (unpaired) electrons. The third kappa shape index (κ3) is 8.30. The van der Waals surface area contributed by atoms with Crippen LogP contribution in [0.2, 0.25) is 0 Å².